The topological polar surface area (TPSA) is 32.3 Å². The Bertz CT molecular complexity index is 740. The normalized spacial score (nSPS) is 20.1. The van der Waals surface area contributed by atoms with Gasteiger partial charge in [0.15, 0.2) is 0 Å². The van der Waals surface area contributed by atoms with Crippen molar-refractivity contribution in [2.45, 2.75) is 38.3 Å². The third-order valence-electron chi connectivity index (χ3n) is 5.28. The van der Waals surface area contributed by atoms with Gasteiger partial charge in [0, 0.05) is 13.1 Å². The molecule has 3 nitrogen and oxygen atoms in total. The van der Waals surface area contributed by atoms with Crippen molar-refractivity contribution in [1.82, 2.24) is 10.2 Å². The molecule has 1 N–H and O–H groups in total. The van der Waals surface area contributed by atoms with Gasteiger partial charge in [-0.05, 0) is 47.9 Å². The summed E-state index contributed by atoms with van der Waals surface area (Å²) in [6.07, 6.45) is 4.37. The van der Waals surface area contributed by atoms with Crippen LogP contribution in [0.25, 0.3) is 0 Å². The summed E-state index contributed by atoms with van der Waals surface area (Å²) in [5, 5.41) is 3.27. The molecule has 3 heteroatoms. The minimum atomic E-state index is 0.149. The third kappa shape index (κ3) is 3.22. The smallest absolute Gasteiger partial charge is 0.234 e. The second-order valence-corrected chi connectivity index (χ2v) is 6.94. The fraction of sp³-hybridized carbons (Fsp3) is 0.381. The van der Waals surface area contributed by atoms with E-state index in [1.807, 2.05) is 0 Å². The molecule has 4 rings (SSSR count). The summed E-state index contributed by atoms with van der Waals surface area (Å²) in [6, 6.07) is 17.3. The molecule has 0 saturated carbocycles. The van der Waals surface area contributed by atoms with Crippen LogP contribution in [-0.2, 0) is 24.2 Å². The van der Waals surface area contributed by atoms with E-state index in [-0.39, 0.29) is 11.9 Å². The van der Waals surface area contributed by atoms with Gasteiger partial charge in [0.05, 0.1) is 12.6 Å². The molecule has 0 aromatic heterocycles. The van der Waals surface area contributed by atoms with Crippen molar-refractivity contribution in [2.24, 2.45) is 0 Å². The van der Waals surface area contributed by atoms with Crippen molar-refractivity contribution in [3.63, 3.8) is 0 Å². The number of carbonyl (C=O) groups excluding carboxylic acids is 1. The number of benzene rings is 2. The molecule has 1 heterocycles. The van der Waals surface area contributed by atoms with Gasteiger partial charge in [-0.1, -0.05) is 48.5 Å². The SMILES string of the molecule is O=C(CN1CCc2ccccc2C1)N[C@@H]1CCCc2ccccc21. The van der Waals surface area contributed by atoms with Gasteiger partial charge >= 0.3 is 0 Å². The van der Waals surface area contributed by atoms with E-state index in [0.29, 0.717) is 6.54 Å². The predicted octanol–water partition coefficient (Wildman–Crippen LogP) is 3.24. The molecule has 2 aromatic rings. The van der Waals surface area contributed by atoms with Crippen LogP contribution in [0.1, 0.15) is 41.1 Å². The third-order valence-corrected chi connectivity index (χ3v) is 5.28. The second kappa shape index (κ2) is 6.78. The van der Waals surface area contributed by atoms with Gasteiger partial charge in [-0.3, -0.25) is 9.69 Å². The molecule has 1 aliphatic carbocycles. The van der Waals surface area contributed by atoms with Crippen molar-refractivity contribution >= 4 is 5.91 Å². The van der Waals surface area contributed by atoms with E-state index in [1.165, 1.54) is 22.3 Å². The Labute approximate surface area is 143 Å². The number of fused-ring (bicyclic) bond motifs is 2. The number of amides is 1. The maximum absolute atomic E-state index is 12.5. The van der Waals surface area contributed by atoms with Crippen LogP contribution < -0.4 is 5.32 Å². The van der Waals surface area contributed by atoms with Crippen molar-refractivity contribution in [3.05, 3.63) is 70.8 Å². The van der Waals surface area contributed by atoms with Crippen molar-refractivity contribution in [2.75, 3.05) is 13.1 Å². The number of aryl methyl sites for hydroxylation is 1. The van der Waals surface area contributed by atoms with Crippen LogP contribution in [0.15, 0.2) is 48.5 Å². The predicted molar refractivity (Wildman–Crippen MR) is 95.7 cm³/mol. The highest BCUT2D eigenvalue weighted by Crippen LogP contribution is 2.29. The van der Waals surface area contributed by atoms with Gasteiger partial charge in [-0.2, -0.15) is 0 Å². The Balaban J connectivity index is 1.38. The molecular weight excluding hydrogens is 296 g/mol. The molecule has 0 saturated heterocycles. The summed E-state index contributed by atoms with van der Waals surface area (Å²) in [6.45, 7) is 2.34. The zero-order valence-corrected chi connectivity index (χ0v) is 14.0. The maximum Gasteiger partial charge on any atom is 0.234 e. The van der Waals surface area contributed by atoms with E-state index in [0.717, 1.165) is 38.8 Å². The molecular formula is C21H24N2O. The number of nitrogens with zero attached hydrogens (tertiary/aromatic N) is 1. The van der Waals surface area contributed by atoms with E-state index in [4.69, 9.17) is 0 Å². The molecule has 24 heavy (non-hydrogen) atoms. The van der Waals surface area contributed by atoms with Gasteiger partial charge in [0.25, 0.3) is 0 Å². The van der Waals surface area contributed by atoms with E-state index in [1.54, 1.807) is 0 Å². The number of hydrogen-bond acceptors (Lipinski definition) is 2. The van der Waals surface area contributed by atoms with E-state index in [9.17, 15) is 4.79 Å². The molecule has 1 amide bonds. The summed E-state index contributed by atoms with van der Waals surface area (Å²) < 4.78 is 0. The number of hydrogen-bond donors (Lipinski definition) is 1. The molecule has 0 bridgehead atoms. The molecule has 1 atom stereocenters. The largest absolute Gasteiger partial charge is 0.348 e. The lowest BCUT2D eigenvalue weighted by molar-refractivity contribution is -0.123. The average molecular weight is 320 g/mol. The van der Waals surface area contributed by atoms with E-state index >= 15 is 0 Å². The Morgan fingerprint density at radius 2 is 1.75 bits per heavy atom. The van der Waals surface area contributed by atoms with Crippen LogP contribution in [0, 0.1) is 0 Å². The molecule has 0 fully saturated rings. The monoisotopic (exact) mass is 320 g/mol. The number of rotatable bonds is 3. The lowest BCUT2D eigenvalue weighted by Crippen LogP contribution is -2.41. The highest BCUT2D eigenvalue weighted by atomic mass is 16.2. The van der Waals surface area contributed by atoms with Crippen molar-refractivity contribution in [1.29, 1.82) is 0 Å². The van der Waals surface area contributed by atoms with E-state index in [2.05, 4.69) is 58.7 Å². The van der Waals surface area contributed by atoms with Crippen LogP contribution in [-0.4, -0.2) is 23.9 Å². The molecule has 124 valence electrons. The molecule has 2 aromatic carbocycles. The van der Waals surface area contributed by atoms with Gasteiger partial charge in [-0.15, -0.1) is 0 Å². The average Bonchev–Trinajstić information content (AvgIpc) is 2.62. The molecule has 0 spiro atoms. The van der Waals surface area contributed by atoms with Crippen molar-refractivity contribution < 1.29 is 4.79 Å². The summed E-state index contributed by atoms with van der Waals surface area (Å²) in [7, 11) is 0. The first-order valence-corrected chi connectivity index (χ1v) is 8.96. The Kier molecular flexibility index (Phi) is 4.35. The van der Waals surface area contributed by atoms with Gasteiger partial charge in [0.1, 0.15) is 0 Å². The van der Waals surface area contributed by atoms with E-state index < -0.39 is 0 Å². The molecule has 1 aliphatic heterocycles. The summed E-state index contributed by atoms with van der Waals surface area (Å²) in [5.41, 5.74) is 5.48. The first kappa shape index (κ1) is 15.4. The molecule has 0 unspecified atom stereocenters. The fourth-order valence-corrected chi connectivity index (χ4v) is 4.04. The lowest BCUT2D eigenvalue weighted by Gasteiger charge is -2.30. The quantitative estimate of drug-likeness (QED) is 0.941. The maximum atomic E-state index is 12.5. The Morgan fingerprint density at radius 1 is 1.00 bits per heavy atom. The van der Waals surface area contributed by atoms with Gasteiger partial charge in [-0.25, -0.2) is 0 Å². The summed E-state index contributed by atoms with van der Waals surface area (Å²) >= 11 is 0. The molecule has 2 aliphatic rings. The van der Waals surface area contributed by atoms with Crippen LogP contribution >= 0.6 is 0 Å². The highest BCUT2D eigenvalue weighted by Gasteiger charge is 2.23. The highest BCUT2D eigenvalue weighted by molar-refractivity contribution is 5.78. The first-order valence-electron chi connectivity index (χ1n) is 8.96. The van der Waals surface area contributed by atoms with Gasteiger partial charge in [0.2, 0.25) is 5.91 Å². The minimum absolute atomic E-state index is 0.149. The summed E-state index contributed by atoms with van der Waals surface area (Å²) in [5.74, 6) is 0.149. The Morgan fingerprint density at radius 3 is 2.62 bits per heavy atom. The minimum Gasteiger partial charge on any atom is -0.348 e. The van der Waals surface area contributed by atoms with Gasteiger partial charge < -0.3 is 5.32 Å². The number of carbonyl (C=O) groups is 1. The Hall–Kier alpha value is -2.13. The lowest BCUT2D eigenvalue weighted by atomic mass is 9.88. The van der Waals surface area contributed by atoms with Crippen LogP contribution in [0.3, 0.4) is 0 Å². The number of nitrogens with one attached hydrogen (secondary N) is 1. The van der Waals surface area contributed by atoms with Crippen LogP contribution in [0.2, 0.25) is 0 Å². The standard InChI is InChI=1S/C21H24N2O/c24-21(15-23-13-12-16-6-1-2-8-18(16)14-23)22-20-11-5-9-17-7-3-4-10-19(17)20/h1-4,6-8,10,20H,5,9,11-15H2,(H,22,24)/t20-/m1/s1. The second-order valence-electron chi connectivity index (χ2n) is 6.94. The molecule has 0 radical (unpaired) electrons. The zero-order chi connectivity index (χ0) is 16.4. The van der Waals surface area contributed by atoms with Crippen LogP contribution in [0.4, 0.5) is 0 Å². The first-order chi connectivity index (χ1) is 11.8. The zero-order valence-electron chi connectivity index (χ0n) is 14.0. The summed E-state index contributed by atoms with van der Waals surface area (Å²) in [4.78, 5) is 14.8. The van der Waals surface area contributed by atoms with Crippen molar-refractivity contribution in [3.8, 4) is 0 Å². The van der Waals surface area contributed by atoms with Crippen LogP contribution in [0.5, 0.6) is 0 Å². The fourth-order valence-electron chi connectivity index (χ4n) is 4.04.